The molecule has 2 fully saturated rings. The molecule has 0 radical (unpaired) electrons. The third kappa shape index (κ3) is 4.90. The Balaban J connectivity index is 1.47. The summed E-state index contributed by atoms with van der Waals surface area (Å²) < 4.78 is 17.9. The van der Waals surface area contributed by atoms with E-state index in [2.05, 4.69) is 48.0 Å². The van der Waals surface area contributed by atoms with E-state index in [1.54, 1.807) is 12.4 Å². The Labute approximate surface area is 174 Å². The topological polar surface area (TPSA) is 43.8 Å². The van der Waals surface area contributed by atoms with Crippen LogP contribution in [-0.2, 0) is 11.3 Å². The van der Waals surface area contributed by atoms with Crippen molar-refractivity contribution in [1.29, 1.82) is 0 Å². The Hall–Kier alpha value is -2.11. The first-order valence-electron chi connectivity index (χ1n) is 10.7. The highest BCUT2D eigenvalue weighted by molar-refractivity contribution is 5.33. The van der Waals surface area contributed by atoms with Crippen LogP contribution in [0.5, 0.6) is 11.5 Å². The second kappa shape index (κ2) is 9.14. The molecule has 1 spiro atoms. The highest BCUT2D eigenvalue weighted by Gasteiger charge is 2.47. The zero-order chi connectivity index (χ0) is 20.1. The zero-order valence-electron chi connectivity index (χ0n) is 17.5. The molecule has 0 bridgehead atoms. The number of benzene rings is 1. The summed E-state index contributed by atoms with van der Waals surface area (Å²) in [5, 5.41) is 0. The number of hydrogen-bond donors (Lipinski definition) is 0. The minimum Gasteiger partial charge on any atom is -0.492 e. The highest BCUT2D eigenvalue weighted by atomic mass is 16.5. The summed E-state index contributed by atoms with van der Waals surface area (Å²) in [7, 11) is 0. The predicted octanol–water partition coefficient (Wildman–Crippen LogP) is 4.18. The molecule has 29 heavy (non-hydrogen) atoms. The van der Waals surface area contributed by atoms with Crippen LogP contribution in [0.3, 0.4) is 0 Å². The molecule has 0 unspecified atom stereocenters. The average Bonchev–Trinajstić information content (AvgIpc) is 3.05. The third-order valence-corrected chi connectivity index (χ3v) is 6.19. The van der Waals surface area contributed by atoms with Gasteiger partial charge in [0.25, 0.3) is 0 Å². The monoisotopic (exact) mass is 396 g/mol. The molecular formula is C24H32N2O3. The average molecular weight is 397 g/mol. The first-order chi connectivity index (χ1) is 14.1. The van der Waals surface area contributed by atoms with Gasteiger partial charge in [0.1, 0.15) is 11.5 Å². The third-order valence-electron chi connectivity index (χ3n) is 6.19. The Kier molecular flexibility index (Phi) is 6.36. The number of pyridine rings is 1. The second-order valence-electron chi connectivity index (χ2n) is 8.62. The molecule has 0 saturated carbocycles. The van der Waals surface area contributed by atoms with Gasteiger partial charge in [0.15, 0.2) is 0 Å². The standard InChI is InChI=1S/C24H32N2O3/c1-19(2)29-23-8-4-3-6-20(23)15-26-16-21(17-28-22-7-5-11-25-14-22)24(18-26)9-12-27-13-10-24/h3-8,11,14,19,21H,9-10,12-13,15-18H2,1-2H3/t21-/m1/s1. The molecule has 3 heterocycles. The number of aromatic nitrogens is 1. The van der Waals surface area contributed by atoms with Crippen LogP contribution in [-0.4, -0.2) is 48.9 Å². The fourth-order valence-corrected chi connectivity index (χ4v) is 4.71. The molecule has 156 valence electrons. The lowest BCUT2D eigenvalue weighted by molar-refractivity contribution is -0.00945. The highest BCUT2D eigenvalue weighted by Crippen LogP contribution is 2.45. The molecule has 0 aliphatic carbocycles. The first kappa shape index (κ1) is 20.2. The summed E-state index contributed by atoms with van der Waals surface area (Å²) in [6.07, 6.45) is 5.96. The normalized spacial score (nSPS) is 21.6. The number of rotatable bonds is 7. The quantitative estimate of drug-likeness (QED) is 0.703. The Morgan fingerprint density at radius 2 is 2.00 bits per heavy atom. The Bertz CT molecular complexity index is 775. The molecule has 2 saturated heterocycles. The summed E-state index contributed by atoms with van der Waals surface area (Å²) in [5.74, 6) is 2.34. The van der Waals surface area contributed by atoms with E-state index in [-0.39, 0.29) is 11.5 Å². The molecule has 2 aromatic rings. The summed E-state index contributed by atoms with van der Waals surface area (Å²) in [4.78, 5) is 6.74. The van der Waals surface area contributed by atoms with Crippen LogP contribution >= 0.6 is 0 Å². The minimum absolute atomic E-state index is 0.178. The number of likely N-dealkylation sites (tertiary alicyclic amines) is 1. The first-order valence-corrected chi connectivity index (χ1v) is 10.7. The van der Waals surface area contributed by atoms with Gasteiger partial charge in [-0.05, 0) is 50.3 Å². The predicted molar refractivity (Wildman–Crippen MR) is 113 cm³/mol. The van der Waals surface area contributed by atoms with Crippen molar-refractivity contribution < 1.29 is 14.2 Å². The van der Waals surface area contributed by atoms with E-state index in [1.165, 1.54) is 5.56 Å². The van der Waals surface area contributed by atoms with Crippen molar-refractivity contribution in [2.75, 3.05) is 32.9 Å². The van der Waals surface area contributed by atoms with E-state index < -0.39 is 0 Å². The van der Waals surface area contributed by atoms with Crippen LogP contribution in [0, 0.1) is 11.3 Å². The Morgan fingerprint density at radius 1 is 1.17 bits per heavy atom. The molecule has 1 atom stereocenters. The number of ether oxygens (including phenoxy) is 3. The van der Waals surface area contributed by atoms with Gasteiger partial charge in [-0.1, -0.05) is 18.2 Å². The van der Waals surface area contributed by atoms with E-state index >= 15 is 0 Å². The van der Waals surface area contributed by atoms with Gasteiger partial charge < -0.3 is 14.2 Å². The number of hydrogen-bond acceptors (Lipinski definition) is 5. The summed E-state index contributed by atoms with van der Waals surface area (Å²) in [6, 6.07) is 12.3. The van der Waals surface area contributed by atoms with Gasteiger partial charge in [-0.25, -0.2) is 0 Å². The maximum absolute atomic E-state index is 6.14. The largest absolute Gasteiger partial charge is 0.492 e. The SMILES string of the molecule is CC(C)Oc1ccccc1CN1C[C@H](COc2cccnc2)C2(CCOCC2)C1. The van der Waals surface area contributed by atoms with Gasteiger partial charge >= 0.3 is 0 Å². The van der Waals surface area contributed by atoms with Crippen molar-refractivity contribution in [2.45, 2.75) is 39.3 Å². The molecule has 5 nitrogen and oxygen atoms in total. The van der Waals surface area contributed by atoms with Crippen molar-refractivity contribution in [3.8, 4) is 11.5 Å². The van der Waals surface area contributed by atoms with Crippen molar-refractivity contribution in [2.24, 2.45) is 11.3 Å². The van der Waals surface area contributed by atoms with Gasteiger partial charge in [-0.2, -0.15) is 0 Å². The van der Waals surface area contributed by atoms with Gasteiger partial charge in [0.05, 0.1) is 18.9 Å². The molecule has 2 aliphatic heterocycles. The van der Waals surface area contributed by atoms with Crippen molar-refractivity contribution >= 4 is 0 Å². The minimum atomic E-state index is 0.178. The lowest BCUT2D eigenvalue weighted by Gasteiger charge is -2.38. The van der Waals surface area contributed by atoms with E-state index in [9.17, 15) is 0 Å². The van der Waals surface area contributed by atoms with Crippen molar-refractivity contribution in [1.82, 2.24) is 9.88 Å². The van der Waals surface area contributed by atoms with Crippen molar-refractivity contribution in [3.05, 3.63) is 54.4 Å². The maximum atomic E-state index is 6.14. The van der Waals surface area contributed by atoms with E-state index in [0.717, 1.165) is 63.8 Å². The number of nitrogens with zero attached hydrogens (tertiary/aromatic N) is 2. The molecule has 4 rings (SSSR count). The van der Waals surface area contributed by atoms with Crippen LogP contribution < -0.4 is 9.47 Å². The molecule has 0 amide bonds. The molecule has 1 aromatic carbocycles. The lowest BCUT2D eigenvalue weighted by atomic mass is 9.72. The van der Waals surface area contributed by atoms with Crippen molar-refractivity contribution in [3.63, 3.8) is 0 Å². The van der Waals surface area contributed by atoms with Crippen LogP contribution in [0.15, 0.2) is 48.8 Å². The lowest BCUT2D eigenvalue weighted by Crippen LogP contribution is -2.39. The second-order valence-corrected chi connectivity index (χ2v) is 8.62. The fraction of sp³-hybridized carbons (Fsp3) is 0.542. The summed E-state index contributed by atoms with van der Waals surface area (Å²) >= 11 is 0. The molecule has 5 heteroatoms. The molecule has 2 aliphatic rings. The van der Waals surface area contributed by atoms with Crippen LogP contribution in [0.4, 0.5) is 0 Å². The Morgan fingerprint density at radius 3 is 2.76 bits per heavy atom. The fourth-order valence-electron chi connectivity index (χ4n) is 4.71. The van der Waals surface area contributed by atoms with Crippen LogP contribution in [0.1, 0.15) is 32.3 Å². The van der Waals surface area contributed by atoms with Crippen LogP contribution in [0.25, 0.3) is 0 Å². The van der Waals surface area contributed by atoms with E-state index in [4.69, 9.17) is 14.2 Å². The smallest absolute Gasteiger partial charge is 0.137 e. The van der Waals surface area contributed by atoms with Gasteiger partial charge in [0, 0.05) is 50.5 Å². The van der Waals surface area contributed by atoms with E-state index in [1.807, 2.05) is 12.1 Å². The van der Waals surface area contributed by atoms with Gasteiger partial charge in [-0.15, -0.1) is 0 Å². The molecular weight excluding hydrogens is 364 g/mol. The molecule has 1 aromatic heterocycles. The summed E-state index contributed by atoms with van der Waals surface area (Å²) in [5.41, 5.74) is 1.53. The summed E-state index contributed by atoms with van der Waals surface area (Å²) in [6.45, 7) is 9.63. The molecule has 0 N–H and O–H groups in total. The van der Waals surface area contributed by atoms with Gasteiger partial charge in [-0.3, -0.25) is 9.88 Å². The number of para-hydroxylation sites is 1. The van der Waals surface area contributed by atoms with E-state index in [0.29, 0.717) is 5.92 Å². The van der Waals surface area contributed by atoms with Gasteiger partial charge in [0.2, 0.25) is 0 Å². The van der Waals surface area contributed by atoms with Crippen LogP contribution in [0.2, 0.25) is 0 Å². The zero-order valence-corrected chi connectivity index (χ0v) is 17.5. The maximum Gasteiger partial charge on any atom is 0.137 e.